The van der Waals surface area contributed by atoms with Crippen molar-refractivity contribution in [1.82, 2.24) is 0 Å². The summed E-state index contributed by atoms with van der Waals surface area (Å²) in [6, 6.07) is -0.405. The number of ether oxygens (including phenoxy) is 1. The van der Waals surface area contributed by atoms with Crippen LogP contribution in [0.3, 0.4) is 0 Å². The maximum absolute atomic E-state index is 8.99. The van der Waals surface area contributed by atoms with E-state index in [0.717, 1.165) is 0 Å². The molecule has 2 N–H and O–H groups in total. The molecule has 0 aliphatic carbocycles. The summed E-state index contributed by atoms with van der Waals surface area (Å²) in [7, 11) is 5.30. The molecule has 4 heteroatoms. The van der Waals surface area contributed by atoms with Crippen LogP contribution in [0.2, 0.25) is 0 Å². The molecule has 0 spiro atoms. The van der Waals surface area contributed by atoms with Crippen molar-refractivity contribution in [2.24, 2.45) is 0 Å². The Balaban J connectivity index is 2.38. The summed E-state index contributed by atoms with van der Waals surface area (Å²) in [4.78, 5) is 0. The van der Waals surface area contributed by atoms with E-state index in [1.807, 2.05) is 0 Å². The Labute approximate surface area is 55.0 Å². The summed E-state index contributed by atoms with van der Waals surface area (Å²) < 4.78 is 4.90. The van der Waals surface area contributed by atoms with Crippen molar-refractivity contribution in [1.29, 1.82) is 0 Å². The minimum absolute atomic E-state index is 0.158. The van der Waals surface area contributed by atoms with Gasteiger partial charge in [-0.15, -0.1) is 0 Å². The van der Waals surface area contributed by atoms with Crippen LogP contribution < -0.4 is 0 Å². The van der Waals surface area contributed by atoms with E-state index in [0.29, 0.717) is 6.42 Å². The molecule has 1 rings (SSSR count). The summed E-state index contributed by atoms with van der Waals surface area (Å²) in [6.07, 6.45) is -0.643. The monoisotopic (exact) mass is 128 g/mol. The summed E-state index contributed by atoms with van der Waals surface area (Å²) in [5.41, 5.74) is 0. The maximum Gasteiger partial charge on any atom is 0.109 e. The van der Waals surface area contributed by atoms with Gasteiger partial charge in [0.05, 0.1) is 12.7 Å². The Bertz CT molecular complexity index is 98.2. The van der Waals surface area contributed by atoms with Gasteiger partial charge >= 0.3 is 0 Å². The van der Waals surface area contributed by atoms with E-state index in [9.17, 15) is 0 Å². The Morgan fingerprint density at radius 1 is 1.67 bits per heavy atom. The topological polar surface area (TPSA) is 49.7 Å². The third kappa shape index (κ3) is 1.44. The van der Waals surface area contributed by atoms with Crippen LogP contribution in [0.25, 0.3) is 0 Å². The molecule has 0 amide bonds. The van der Waals surface area contributed by atoms with E-state index < -0.39 is 18.2 Å². The van der Waals surface area contributed by atoms with Gasteiger partial charge in [-0.2, -0.15) is 0 Å². The highest BCUT2D eigenvalue weighted by atomic mass is 16.5. The molecule has 0 aromatic heterocycles. The first kappa shape index (κ1) is 7.06. The molecule has 3 nitrogen and oxygen atoms in total. The normalized spacial score (nSPS) is 43.6. The average molecular weight is 128 g/mol. The van der Waals surface area contributed by atoms with Crippen LogP contribution in [0, 0.1) is 0 Å². The summed E-state index contributed by atoms with van der Waals surface area (Å²) in [5.74, 6) is 0. The predicted molar refractivity (Wildman–Crippen MR) is 32.1 cm³/mol. The molecule has 50 valence electrons. The van der Waals surface area contributed by atoms with Crippen LogP contribution in [0.1, 0.15) is 6.42 Å². The van der Waals surface area contributed by atoms with E-state index >= 15 is 0 Å². The lowest BCUT2D eigenvalue weighted by Crippen LogP contribution is -2.24. The van der Waals surface area contributed by atoms with Gasteiger partial charge in [0, 0.05) is 6.00 Å². The Morgan fingerprint density at radius 2 is 2.33 bits per heavy atom. The molecule has 0 saturated carbocycles. The number of rotatable bonds is 1. The molecule has 0 aromatic carbocycles. The van der Waals surface area contributed by atoms with E-state index in [2.05, 4.69) is 0 Å². The lowest BCUT2D eigenvalue weighted by atomic mass is 9.96. The first-order valence-electron chi connectivity index (χ1n) is 2.94. The number of aliphatic hydroxyl groups excluding tert-OH is 2. The van der Waals surface area contributed by atoms with E-state index in [-0.39, 0.29) is 6.61 Å². The SMILES string of the molecule is [B]C1C[C@H](O)C(CO)O1. The van der Waals surface area contributed by atoms with E-state index in [4.69, 9.17) is 22.8 Å². The summed E-state index contributed by atoms with van der Waals surface area (Å²) in [6.45, 7) is -0.158. The highest BCUT2D eigenvalue weighted by Gasteiger charge is 2.29. The van der Waals surface area contributed by atoms with Gasteiger partial charge in [-0.25, -0.2) is 0 Å². The standard InChI is InChI=1S/C5H9BO3/c6-5-1-3(8)4(2-7)9-5/h3-5,7-8H,1-2H2/t3-,4?,5?/m0/s1. The third-order valence-electron chi connectivity index (χ3n) is 1.43. The molecule has 1 fully saturated rings. The van der Waals surface area contributed by atoms with Gasteiger partial charge < -0.3 is 14.9 Å². The second-order valence-electron chi connectivity index (χ2n) is 2.20. The van der Waals surface area contributed by atoms with Crippen molar-refractivity contribution in [3.05, 3.63) is 0 Å². The quantitative estimate of drug-likeness (QED) is 0.428. The van der Waals surface area contributed by atoms with Gasteiger partial charge in [-0.3, -0.25) is 0 Å². The van der Waals surface area contributed by atoms with Crippen LogP contribution in [0.4, 0.5) is 0 Å². The van der Waals surface area contributed by atoms with Crippen molar-refractivity contribution < 1.29 is 14.9 Å². The van der Waals surface area contributed by atoms with Crippen molar-refractivity contribution in [3.8, 4) is 0 Å². The minimum Gasteiger partial charge on any atom is -0.394 e. The first-order chi connectivity index (χ1) is 4.24. The van der Waals surface area contributed by atoms with Crippen LogP contribution in [0.15, 0.2) is 0 Å². The molecule has 1 heterocycles. The lowest BCUT2D eigenvalue weighted by Gasteiger charge is -2.09. The molecular weight excluding hydrogens is 119 g/mol. The van der Waals surface area contributed by atoms with Crippen molar-refractivity contribution >= 4 is 7.85 Å². The van der Waals surface area contributed by atoms with Gasteiger partial charge in [0.2, 0.25) is 0 Å². The highest BCUT2D eigenvalue weighted by Crippen LogP contribution is 2.17. The Kier molecular flexibility index (Phi) is 2.11. The van der Waals surface area contributed by atoms with E-state index in [1.54, 1.807) is 0 Å². The number of hydrogen-bond donors (Lipinski definition) is 2. The molecule has 2 unspecified atom stereocenters. The zero-order valence-electron chi connectivity index (χ0n) is 5.03. The molecule has 9 heavy (non-hydrogen) atoms. The second-order valence-corrected chi connectivity index (χ2v) is 2.20. The molecule has 1 saturated heterocycles. The van der Waals surface area contributed by atoms with Crippen LogP contribution in [0.5, 0.6) is 0 Å². The predicted octanol–water partition coefficient (Wildman–Crippen LogP) is -1.38. The zero-order valence-corrected chi connectivity index (χ0v) is 5.03. The fourth-order valence-electron chi connectivity index (χ4n) is 0.925. The molecule has 0 bridgehead atoms. The van der Waals surface area contributed by atoms with Gasteiger partial charge in [0.25, 0.3) is 0 Å². The van der Waals surface area contributed by atoms with Crippen molar-refractivity contribution in [3.63, 3.8) is 0 Å². The molecule has 2 radical (unpaired) electrons. The fraction of sp³-hybridized carbons (Fsp3) is 1.00. The fourth-order valence-corrected chi connectivity index (χ4v) is 0.925. The lowest BCUT2D eigenvalue weighted by molar-refractivity contribution is -0.00408. The smallest absolute Gasteiger partial charge is 0.109 e. The zero-order chi connectivity index (χ0) is 6.85. The first-order valence-corrected chi connectivity index (χ1v) is 2.94. The Morgan fingerprint density at radius 3 is 2.56 bits per heavy atom. The summed E-state index contributed by atoms with van der Waals surface area (Å²) in [5, 5.41) is 17.5. The van der Waals surface area contributed by atoms with E-state index in [1.165, 1.54) is 0 Å². The number of aliphatic hydroxyl groups is 2. The van der Waals surface area contributed by atoms with Gasteiger partial charge in [0.1, 0.15) is 14.0 Å². The van der Waals surface area contributed by atoms with Crippen LogP contribution in [-0.2, 0) is 4.74 Å². The third-order valence-corrected chi connectivity index (χ3v) is 1.43. The van der Waals surface area contributed by atoms with Crippen molar-refractivity contribution in [2.45, 2.75) is 24.6 Å². The second kappa shape index (κ2) is 2.69. The molecule has 1 aliphatic rings. The minimum atomic E-state index is -0.593. The van der Waals surface area contributed by atoms with Crippen LogP contribution >= 0.6 is 0 Å². The average Bonchev–Trinajstić information content (AvgIpc) is 2.10. The number of hydrogen-bond acceptors (Lipinski definition) is 3. The van der Waals surface area contributed by atoms with Gasteiger partial charge in [-0.1, -0.05) is 0 Å². The largest absolute Gasteiger partial charge is 0.394 e. The highest BCUT2D eigenvalue weighted by molar-refractivity contribution is 6.11. The molecule has 0 aromatic rings. The van der Waals surface area contributed by atoms with Gasteiger partial charge in [0.15, 0.2) is 0 Å². The maximum atomic E-state index is 8.99. The molecule has 3 atom stereocenters. The van der Waals surface area contributed by atoms with Crippen molar-refractivity contribution in [2.75, 3.05) is 6.61 Å². The molecule has 1 aliphatic heterocycles. The molecular formula is C5H9BO3. The Hall–Kier alpha value is -0.0551. The van der Waals surface area contributed by atoms with Gasteiger partial charge in [-0.05, 0) is 6.42 Å². The van der Waals surface area contributed by atoms with Crippen LogP contribution in [-0.4, -0.2) is 42.9 Å². The summed E-state index contributed by atoms with van der Waals surface area (Å²) >= 11 is 0.